The first-order valence-corrected chi connectivity index (χ1v) is 13.0. The van der Waals surface area contributed by atoms with E-state index in [1.807, 2.05) is 64.1 Å². The predicted molar refractivity (Wildman–Crippen MR) is 137 cm³/mol. The van der Waals surface area contributed by atoms with Crippen molar-refractivity contribution in [3.8, 4) is 5.75 Å². The molecular weight excluding hydrogens is 448 g/mol. The van der Waals surface area contributed by atoms with E-state index in [0.717, 1.165) is 33.6 Å². The fourth-order valence-electron chi connectivity index (χ4n) is 3.52. The van der Waals surface area contributed by atoms with Gasteiger partial charge in [0, 0.05) is 5.56 Å². The Hall–Kier alpha value is -3.32. The lowest BCUT2D eigenvalue weighted by Gasteiger charge is -2.23. The van der Waals surface area contributed by atoms with Crippen LogP contribution in [0.4, 0.5) is 5.69 Å². The number of carbonyl (C=O) groups excluding carboxylic acids is 1. The average Bonchev–Trinajstić information content (AvgIpc) is 2.79. The molecule has 0 saturated carbocycles. The van der Waals surface area contributed by atoms with Crippen LogP contribution < -0.4 is 14.4 Å². The quantitative estimate of drug-likeness (QED) is 0.451. The van der Waals surface area contributed by atoms with Crippen LogP contribution in [-0.4, -0.2) is 33.7 Å². The molecule has 0 aromatic heterocycles. The number of nitrogens with zero attached hydrogens (tertiary/aromatic N) is 1. The summed E-state index contributed by atoms with van der Waals surface area (Å²) in [5.74, 6) is 0.614. The van der Waals surface area contributed by atoms with E-state index in [1.165, 1.54) is 10.6 Å². The van der Waals surface area contributed by atoms with Crippen molar-refractivity contribution < 1.29 is 17.9 Å². The second kappa shape index (κ2) is 10.7. The van der Waals surface area contributed by atoms with Crippen molar-refractivity contribution in [3.63, 3.8) is 0 Å². The van der Waals surface area contributed by atoms with Gasteiger partial charge in [-0.05, 0) is 85.8 Å². The summed E-state index contributed by atoms with van der Waals surface area (Å²) < 4.78 is 32.0. The highest BCUT2D eigenvalue weighted by Gasteiger charge is 2.18. The summed E-state index contributed by atoms with van der Waals surface area (Å²) in [6.07, 6.45) is 1.20. The Bertz CT molecular complexity index is 1270. The molecule has 1 N–H and O–H groups in total. The van der Waals surface area contributed by atoms with Crippen molar-refractivity contribution in [2.75, 3.05) is 23.7 Å². The second-order valence-corrected chi connectivity index (χ2v) is 10.4. The highest BCUT2D eigenvalue weighted by atomic mass is 32.2. The third-order valence-electron chi connectivity index (χ3n) is 5.92. The molecule has 0 fully saturated rings. The lowest BCUT2D eigenvalue weighted by atomic mass is 10.1. The number of sulfonamides is 1. The van der Waals surface area contributed by atoms with Gasteiger partial charge in [-0.25, -0.2) is 8.42 Å². The first-order valence-electron chi connectivity index (χ1n) is 11.2. The first-order chi connectivity index (χ1) is 16.1. The number of aryl methyl sites for hydroxylation is 3. The molecule has 0 aliphatic heterocycles. The number of benzene rings is 3. The zero-order valence-electron chi connectivity index (χ0n) is 20.4. The van der Waals surface area contributed by atoms with Crippen LogP contribution >= 0.6 is 0 Å². The molecule has 3 rings (SSSR count). The molecule has 1 amide bonds. The fraction of sp³-hybridized carbons (Fsp3) is 0.296. The van der Waals surface area contributed by atoms with Gasteiger partial charge in [0.1, 0.15) is 12.4 Å². The molecule has 0 atom stereocenters. The molecule has 0 unspecified atom stereocenters. The Labute approximate surface area is 202 Å². The largest absolute Gasteiger partial charge is 0.491 e. The summed E-state index contributed by atoms with van der Waals surface area (Å²) in [6.45, 7) is 8.92. The van der Waals surface area contributed by atoms with E-state index in [-0.39, 0.29) is 12.5 Å². The van der Waals surface area contributed by atoms with Gasteiger partial charge in [0.25, 0.3) is 5.91 Å². The lowest BCUT2D eigenvalue weighted by Crippen LogP contribution is -2.29. The maximum Gasteiger partial charge on any atom is 0.251 e. The summed E-state index contributed by atoms with van der Waals surface area (Å²) in [6, 6.07) is 18.5. The SMILES string of the molecule is Cc1ccc(N(Cc2ccc(C(=O)NCCOc3cccc(C)c3C)cc2)S(C)(=O)=O)cc1C. The van der Waals surface area contributed by atoms with E-state index in [0.29, 0.717) is 24.4 Å². The van der Waals surface area contributed by atoms with E-state index in [2.05, 4.69) is 5.32 Å². The maximum atomic E-state index is 12.5. The van der Waals surface area contributed by atoms with Crippen molar-refractivity contribution in [1.29, 1.82) is 0 Å². The van der Waals surface area contributed by atoms with Crippen LogP contribution in [0.5, 0.6) is 5.75 Å². The van der Waals surface area contributed by atoms with Crippen LogP contribution in [0, 0.1) is 27.7 Å². The minimum Gasteiger partial charge on any atom is -0.491 e. The van der Waals surface area contributed by atoms with E-state index >= 15 is 0 Å². The number of rotatable bonds is 9. The number of nitrogens with one attached hydrogen (secondary N) is 1. The Balaban J connectivity index is 1.60. The Morgan fingerprint density at radius 3 is 2.26 bits per heavy atom. The molecule has 0 spiro atoms. The molecule has 34 heavy (non-hydrogen) atoms. The van der Waals surface area contributed by atoms with E-state index in [4.69, 9.17) is 4.74 Å². The number of carbonyl (C=O) groups is 1. The third kappa shape index (κ3) is 6.38. The first kappa shape index (κ1) is 25.3. The number of anilines is 1. The van der Waals surface area contributed by atoms with Gasteiger partial charge in [-0.15, -0.1) is 0 Å². The summed E-state index contributed by atoms with van der Waals surface area (Å²) in [5, 5.41) is 2.85. The van der Waals surface area contributed by atoms with Crippen LogP contribution in [0.1, 0.15) is 38.2 Å². The molecule has 180 valence electrons. The summed E-state index contributed by atoms with van der Waals surface area (Å²) in [5.41, 5.74) is 6.30. The van der Waals surface area contributed by atoms with E-state index in [9.17, 15) is 13.2 Å². The van der Waals surface area contributed by atoms with Crippen LogP contribution in [0.3, 0.4) is 0 Å². The van der Waals surface area contributed by atoms with Gasteiger partial charge in [0.2, 0.25) is 10.0 Å². The number of hydrogen-bond acceptors (Lipinski definition) is 4. The summed E-state index contributed by atoms with van der Waals surface area (Å²) >= 11 is 0. The van der Waals surface area contributed by atoms with E-state index in [1.54, 1.807) is 24.3 Å². The van der Waals surface area contributed by atoms with Gasteiger partial charge in [0.05, 0.1) is 25.0 Å². The van der Waals surface area contributed by atoms with Gasteiger partial charge in [-0.3, -0.25) is 9.10 Å². The predicted octanol–water partition coefficient (Wildman–Crippen LogP) is 4.70. The molecule has 0 aliphatic carbocycles. The average molecular weight is 481 g/mol. The molecule has 6 nitrogen and oxygen atoms in total. The topological polar surface area (TPSA) is 75.7 Å². The molecule has 0 radical (unpaired) electrons. The minimum atomic E-state index is -3.48. The fourth-order valence-corrected chi connectivity index (χ4v) is 4.40. The molecule has 3 aromatic rings. The van der Waals surface area contributed by atoms with E-state index < -0.39 is 10.0 Å². The zero-order chi connectivity index (χ0) is 24.9. The standard InChI is InChI=1S/C27H32N2O4S/c1-19-9-14-25(17-21(19)3)29(34(5,31)32)18-23-10-12-24(13-11-23)27(30)28-15-16-33-26-8-6-7-20(2)22(26)4/h6-14,17H,15-16,18H2,1-5H3,(H,28,30). The Morgan fingerprint density at radius 1 is 0.912 bits per heavy atom. The summed E-state index contributed by atoms with van der Waals surface area (Å²) in [7, 11) is -3.48. The van der Waals surface area contributed by atoms with Gasteiger partial charge in [0.15, 0.2) is 0 Å². The molecule has 0 bridgehead atoms. The number of hydrogen-bond donors (Lipinski definition) is 1. The molecule has 7 heteroatoms. The van der Waals surface area contributed by atoms with Gasteiger partial charge >= 0.3 is 0 Å². The van der Waals surface area contributed by atoms with Crippen LogP contribution in [0.25, 0.3) is 0 Å². The minimum absolute atomic E-state index is 0.187. The lowest BCUT2D eigenvalue weighted by molar-refractivity contribution is 0.0947. The van der Waals surface area contributed by atoms with Crippen molar-refractivity contribution in [1.82, 2.24) is 5.32 Å². The molecule has 0 aliphatic rings. The normalized spacial score (nSPS) is 11.2. The zero-order valence-corrected chi connectivity index (χ0v) is 21.2. The van der Waals surface area contributed by atoms with Crippen LogP contribution in [-0.2, 0) is 16.6 Å². The van der Waals surface area contributed by atoms with Crippen molar-refractivity contribution in [2.45, 2.75) is 34.2 Å². The second-order valence-electron chi connectivity index (χ2n) is 8.54. The third-order valence-corrected chi connectivity index (χ3v) is 7.06. The Kier molecular flexibility index (Phi) is 7.99. The van der Waals surface area contributed by atoms with Crippen LogP contribution in [0.15, 0.2) is 60.7 Å². The smallest absolute Gasteiger partial charge is 0.251 e. The van der Waals surface area contributed by atoms with Crippen molar-refractivity contribution >= 4 is 21.6 Å². The Morgan fingerprint density at radius 2 is 1.62 bits per heavy atom. The number of ether oxygens (including phenoxy) is 1. The monoisotopic (exact) mass is 480 g/mol. The van der Waals surface area contributed by atoms with Crippen molar-refractivity contribution in [2.24, 2.45) is 0 Å². The molecule has 0 saturated heterocycles. The number of amides is 1. The van der Waals surface area contributed by atoms with Gasteiger partial charge in [-0.2, -0.15) is 0 Å². The van der Waals surface area contributed by atoms with Gasteiger partial charge < -0.3 is 10.1 Å². The van der Waals surface area contributed by atoms with Gasteiger partial charge in [-0.1, -0.05) is 30.3 Å². The molecular formula is C27H32N2O4S. The van der Waals surface area contributed by atoms with Crippen molar-refractivity contribution in [3.05, 3.63) is 94.0 Å². The molecule has 3 aromatic carbocycles. The summed E-state index contributed by atoms with van der Waals surface area (Å²) in [4.78, 5) is 12.5. The highest BCUT2D eigenvalue weighted by Crippen LogP contribution is 2.24. The molecule has 0 heterocycles. The maximum absolute atomic E-state index is 12.5. The highest BCUT2D eigenvalue weighted by molar-refractivity contribution is 7.92. The van der Waals surface area contributed by atoms with Crippen LogP contribution in [0.2, 0.25) is 0 Å².